The number of benzene rings is 6. The molecule has 0 bridgehead atoms. The summed E-state index contributed by atoms with van der Waals surface area (Å²) in [6, 6.07) is 40.1. The molecule has 0 spiro atoms. The number of fused-ring (bicyclic) bond motifs is 2. The van der Waals surface area contributed by atoms with Gasteiger partial charge in [0.25, 0.3) is 0 Å². The zero-order chi connectivity index (χ0) is 33.8. The van der Waals surface area contributed by atoms with Crippen molar-refractivity contribution in [2.24, 2.45) is 5.73 Å². The molecule has 6 aromatic carbocycles. The van der Waals surface area contributed by atoms with E-state index < -0.39 is 0 Å². The van der Waals surface area contributed by atoms with E-state index in [0.29, 0.717) is 24.8 Å². The zero-order valence-corrected chi connectivity index (χ0v) is 27.8. The maximum atomic E-state index is 11.1. The van der Waals surface area contributed by atoms with Crippen molar-refractivity contribution in [1.29, 1.82) is 0 Å². The van der Waals surface area contributed by atoms with Crippen LogP contribution in [0.3, 0.4) is 0 Å². The van der Waals surface area contributed by atoms with Crippen molar-refractivity contribution >= 4 is 27.3 Å². The SMILES string of the molecule is CC(=O)Cc1ccc(C)c2ccccc12.Cc1ccc(CC(C)NCc2ccc(O)cc2)c2ccccc12.NCc1ccc(O)cc1. The van der Waals surface area contributed by atoms with E-state index >= 15 is 0 Å². The minimum Gasteiger partial charge on any atom is -0.508 e. The molecule has 242 valence electrons. The first-order chi connectivity index (χ1) is 22.6. The second-order valence-corrected chi connectivity index (χ2v) is 12.1. The summed E-state index contributed by atoms with van der Waals surface area (Å²) in [7, 11) is 0. The Labute approximate surface area is 278 Å². The number of phenolic OH excluding ortho intramolecular Hbond substituents is 2. The summed E-state index contributed by atoms with van der Waals surface area (Å²) in [5.74, 6) is 0.809. The highest BCUT2D eigenvalue weighted by Crippen LogP contribution is 2.24. The number of ketones is 1. The molecule has 0 radical (unpaired) electrons. The number of nitrogens with two attached hydrogens (primary N) is 1. The third-order valence-electron chi connectivity index (χ3n) is 8.19. The van der Waals surface area contributed by atoms with Crippen molar-refractivity contribution in [3.63, 3.8) is 0 Å². The van der Waals surface area contributed by atoms with Crippen molar-refractivity contribution in [3.8, 4) is 11.5 Å². The molecule has 47 heavy (non-hydrogen) atoms. The number of aromatic hydroxyl groups is 2. The molecule has 5 N–H and O–H groups in total. The molecule has 0 aromatic heterocycles. The number of Topliss-reactive ketones (excluding diaryl/α,β-unsaturated/α-hetero) is 1. The molecular formula is C42H46N2O3. The second kappa shape index (κ2) is 17.1. The summed E-state index contributed by atoms with van der Waals surface area (Å²) in [6.07, 6.45) is 1.53. The summed E-state index contributed by atoms with van der Waals surface area (Å²) in [5.41, 5.74) is 12.6. The molecule has 5 nitrogen and oxygen atoms in total. The number of aryl methyl sites for hydroxylation is 2. The van der Waals surface area contributed by atoms with E-state index in [1.54, 1.807) is 43.3 Å². The first kappa shape index (κ1) is 34.9. The van der Waals surface area contributed by atoms with E-state index in [1.165, 1.54) is 43.8 Å². The highest BCUT2D eigenvalue weighted by atomic mass is 16.3. The number of carbonyl (C=O) groups is 1. The summed E-state index contributed by atoms with van der Waals surface area (Å²) < 4.78 is 0. The monoisotopic (exact) mass is 626 g/mol. The molecule has 0 fully saturated rings. The smallest absolute Gasteiger partial charge is 0.134 e. The lowest BCUT2D eigenvalue weighted by molar-refractivity contribution is -0.116. The molecule has 0 saturated carbocycles. The maximum absolute atomic E-state index is 11.1. The maximum Gasteiger partial charge on any atom is 0.134 e. The summed E-state index contributed by atoms with van der Waals surface area (Å²) >= 11 is 0. The Morgan fingerprint density at radius 3 is 1.57 bits per heavy atom. The molecule has 6 aromatic rings. The predicted molar refractivity (Wildman–Crippen MR) is 196 cm³/mol. The van der Waals surface area contributed by atoms with E-state index in [0.717, 1.165) is 24.1 Å². The fraction of sp³-hybridized carbons (Fsp3) is 0.214. The number of hydrogen-bond donors (Lipinski definition) is 4. The molecule has 5 heteroatoms. The predicted octanol–water partition coefficient (Wildman–Crippen LogP) is 8.71. The zero-order valence-electron chi connectivity index (χ0n) is 27.8. The third kappa shape index (κ3) is 10.3. The van der Waals surface area contributed by atoms with Gasteiger partial charge in [0, 0.05) is 25.6 Å². The molecule has 0 amide bonds. The summed E-state index contributed by atoms with van der Waals surface area (Å²) in [4.78, 5) is 11.1. The van der Waals surface area contributed by atoms with Crippen LogP contribution < -0.4 is 11.1 Å². The number of phenols is 2. The number of nitrogens with one attached hydrogen (secondary N) is 1. The van der Waals surface area contributed by atoms with Gasteiger partial charge in [-0.3, -0.25) is 4.79 Å². The Kier molecular flexibility index (Phi) is 12.7. The molecule has 1 unspecified atom stereocenters. The van der Waals surface area contributed by atoms with Crippen LogP contribution in [-0.4, -0.2) is 22.0 Å². The van der Waals surface area contributed by atoms with E-state index in [2.05, 4.69) is 86.8 Å². The van der Waals surface area contributed by atoms with Gasteiger partial charge in [0.1, 0.15) is 17.3 Å². The fourth-order valence-electron chi connectivity index (χ4n) is 5.56. The van der Waals surface area contributed by atoms with Crippen LogP contribution in [0.5, 0.6) is 11.5 Å². The Morgan fingerprint density at radius 2 is 1.09 bits per heavy atom. The third-order valence-corrected chi connectivity index (χ3v) is 8.19. The van der Waals surface area contributed by atoms with Crippen LogP contribution >= 0.6 is 0 Å². The molecule has 0 heterocycles. The van der Waals surface area contributed by atoms with Gasteiger partial charge in [0.2, 0.25) is 0 Å². The van der Waals surface area contributed by atoms with E-state index in [4.69, 9.17) is 10.8 Å². The topological polar surface area (TPSA) is 95.6 Å². The van der Waals surface area contributed by atoms with Crippen molar-refractivity contribution in [3.05, 3.63) is 155 Å². The molecule has 6 rings (SSSR count). The van der Waals surface area contributed by atoms with Gasteiger partial charge < -0.3 is 21.3 Å². The highest BCUT2D eigenvalue weighted by Gasteiger charge is 2.08. The quantitative estimate of drug-likeness (QED) is 0.136. The lowest BCUT2D eigenvalue weighted by atomic mass is 9.96. The van der Waals surface area contributed by atoms with Crippen molar-refractivity contribution in [1.82, 2.24) is 5.32 Å². The lowest BCUT2D eigenvalue weighted by Gasteiger charge is -2.16. The van der Waals surface area contributed by atoms with Crippen LogP contribution in [0.4, 0.5) is 0 Å². The van der Waals surface area contributed by atoms with Gasteiger partial charge in [0.05, 0.1) is 0 Å². The van der Waals surface area contributed by atoms with Crippen LogP contribution in [-0.2, 0) is 30.7 Å². The number of rotatable bonds is 8. The normalized spacial score (nSPS) is 11.3. The summed E-state index contributed by atoms with van der Waals surface area (Å²) in [5, 5.41) is 26.9. The number of hydrogen-bond acceptors (Lipinski definition) is 5. The molecule has 0 aliphatic rings. The first-order valence-corrected chi connectivity index (χ1v) is 16.1. The minimum absolute atomic E-state index is 0.212. The average molecular weight is 627 g/mol. The van der Waals surface area contributed by atoms with Gasteiger partial charge in [-0.2, -0.15) is 0 Å². The van der Waals surface area contributed by atoms with Crippen molar-refractivity contribution < 1.29 is 15.0 Å². The van der Waals surface area contributed by atoms with Gasteiger partial charge in [0.15, 0.2) is 0 Å². The standard InChI is InChI=1S/C21H23NO.C14H14O.C7H9NO/c1-15-7-10-18(21-6-4-3-5-20(15)21)13-16(2)22-14-17-8-11-19(23)12-9-17;1-10-7-8-12(9-11(2)15)14-6-4-3-5-13(10)14;8-5-6-1-3-7(9)4-2-6/h3-12,16,22-23H,13-14H2,1-2H3;3-8H,9H2,1-2H3;1-4,9H,5,8H2. The van der Waals surface area contributed by atoms with Crippen LogP contribution in [0.15, 0.2) is 121 Å². The highest BCUT2D eigenvalue weighted by molar-refractivity contribution is 5.92. The van der Waals surface area contributed by atoms with Crippen molar-refractivity contribution in [2.45, 2.75) is 59.7 Å². The molecule has 0 aliphatic carbocycles. The van der Waals surface area contributed by atoms with Gasteiger partial charge in [-0.15, -0.1) is 0 Å². The van der Waals surface area contributed by atoms with E-state index in [9.17, 15) is 9.90 Å². The van der Waals surface area contributed by atoms with Crippen LogP contribution in [0, 0.1) is 13.8 Å². The fourth-order valence-corrected chi connectivity index (χ4v) is 5.56. The van der Waals surface area contributed by atoms with Gasteiger partial charge in [-0.05, 0) is 113 Å². The lowest BCUT2D eigenvalue weighted by Crippen LogP contribution is -2.27. The Balaban J connectivity index is 0.000000178. The first-order valence-electron chi connectivity index (χ1n) is 16.1. The average Bonchev–Trinajstić information content (AvgIpc) is 3.08. The number of carbonyl (C=O) groups excluding carboxylic acids is 1. The van der Waals surface area contributed by atoms with E-state index in [1.807, 2.05) is 24.3 Å². The second-order valence-electron chi connectivity index (χ2n) is 12.1. The van der Waals surface area contributed by atoms with Gasteiger partial charge in [-0.1, -0.05) is 97.1 Å². The molecular weight excluding hydrogens is 580 g/mol. The molecule has 0 aliphatic heterocycles. The Hall–Kier alpha value is -4.97. The Bertz CT molecular complexity index is 1900. The minimum atomic E-state index is 0.212. The Morgan fingerprint density at radius 1 is 0.638 bits per heavy atom. The van der Waals surface area contributed by atoms with Gasteiger partial charge >= 0.3 is 0 Å². The largest absolute Gasteiger partial charge is 0.508 e. The van der Waals surface area contributed by atoms with Crippen LogP contribution in [0.25, 0.3) is 21.5 Å². The van der Waals surface area contributed by atoms with Crippen LogP contribution in [0.1, 0.15) is 47.2 Å². The molecule has 1 atom stereocenters. The van der Waals surface area contributed by atoms with E-state index in [-0.39, 0.29) is 11.5 Å². The van der Waals surface area contributed by atoms with Crippen molar-refractivity contribution in [2.75, 3.05) is 0 Å². The van der Waals surface area contributed by atoms with Gasteiger partial charge in [-0.25, -0.2) is 0 Å². The molecule has 0 saturated heterocycles. The van der Waals surface area contributed by atoms with Crippen LogP contribution in [0.2, 0.25) is 0 Å². The summed E-state index contributed by atoms with van der Waals surface area (Å²) in [6.45, 7) is 9.45.